The summed E-state index contributed by atoms with van der Waals surface area (Å²) in [4.78, 5) is 9.89. The van der Waals surface area contributed by atoms with Gasteiger partial charge in [-0.1, -0.05) is 18.6 Å². The lowest BCUT2D eigenvalue weighted by Gasteiger charge is -1.92. The largest absolute Gasteiger partial charge is 0.392 e. The molecule has 0 aliphatic rings. The molecule has 2 heteroatoms. The fraction of sp³-hybridized carbons (Fsp3) is 0.667. The maximum absolute atomic E-state index is 9.89. The summed E-state index contributed by atoms with van der Waals surface area (Å²) >= 11 is 0. The van der Waals surface area contributed by atoms with Gasteiger partial charge in [-0.3, -0.25) is 0 Å². The predicted molar refractivity (Wildman–Crippen MR) is 45.4 cm³/mol. The van der Waals surface area contributed by atoms with Crippen LogP contribution in [0.5, 0.6) is 0 Å². The van der Waals surface area contributed by atoms with Gasteiger partial charge in [0, 0.05) is 6.42 Å². The first kappa shape index (κ1) is 10.4. The number of aliphatic hydroxyl groups is 1. The number of aldehydes is 1. The molecule has 0 aliphatic heterocycles. The molecule has 0 rings (SSSR count). The molecule has 0 aromatic carbocycles. The summed E-state index contributed by atoms with van der Waals surface area (Å²) < 4.78 is 0. The Balaban J connectivity index is 2.90. The lowest BCUT2D eigenvalue weighted by atomic mass is 10.1. The van der Waals surface area contributed by atoms with Gasteiger partial charge < -0.3 is 9.90 Å². The van der Waals surface area contributed by atoms with E-state index in [1.54, 1.807) is 6.08 Å². The van der Waals surface area contributed by atoms with Crippen LogP contribution in [0, 0.1) is 0 Å². The highest BCUT2D eigenvalue weighted by Crippen LogP contribution is 2.01. The van der Waals surface area contributed by atoms with Gasteiger partial charge in [0.2, 0.25) is 0 Å². The molecule has 0 fully saturated rings. The van der Waals surface area contributed by atoms with Crippen molar-refractivity contribution in [2.24, 2.45) is 0 Å². The fourth-order valence-electron chi connectivity index (χ4n) is 0.859. The number of carbonyl (C=O) groups excluding carboxylic acids is 1. The molecule has 0 aromatic rings. The van der Waals surface area contributed by atoms with Crippen molar-refractivity contribution < 1.29 is 9.90 Å². The van der Waals surface area contributed by atoms with Gasteiger partial charge in [-0.05, 0) is 19.3 Å². The van der Waals surface area contributed by atoms with Gasteiger partial charge in [0.05, 0.1) is 6.61 Å². The highest BCUT2D eigenvalue weighted by molar-refractivity contribution is 5.48. The van der Waals surface area contributed by atoms with Crippen LogP contribution in [0.25, 0.3) is 0 Å². The van der Waals surface area contributed by atoms with Crippen molar-refractivity contribution in [3.8, 4) is 0 Å². The standard InChI is InChI=1S/C9H16O2/c10-8-6-4-2-1-3-5-7-9-11/h4,6,9-10H,1-3,5,7-8H2/b6-4+. The van der Waals surface area contributed by atoms with Crippen molar-refractivity contribution in [2.45, 2.75) is 32.1 Å². The number of unbranched alkanes of at least 4 members (excludes halogenated alkanes) is 4. The molecule has 0 heterocycles. The van der Waals surface area contributed by atoms with E-state index < -0.39 is 0 Å². The minimum atomic E-state index is 0.133. The van der Waals surface area contributed by atoms with Crippen LogP contribution in [0.2, 0.25) is 0 Å². The lowest BCUT2D eigenvalue weighted by Crippen LogP contribution is -1.78. The van der Waals surface area contributed by atoms with E-state index in [0.29, 0.717) is 6.42 Å². The van der Waals surface area contributed by atoms with Crippen molar-refractivity contribution in [2.75, 3.05) is 6.61 Å². The van der Waals surface area contributed by atoms with Crippen LogP contribution in [0.15, 0.2) is 12.2 Å². The first-order valence-electron chi connectivity index (χ1n) is 4.11. The average Bonchev–Trinajstić information content (AvgIpc) is 2.03. The van der Waals surface area contributed by atoms with E-state index in [1.165, 1.54) is 0 Å². The summed E-state index contributed by atoms with van der Waals surface area (Å²) in [5.41, 5.74) is 0. The van der Waals surface area contributed by atoms with Crippen LogP contribution in [0.1, 0.15) is 32.1 Å². The Morgan fingerprint density at radius 2 is 1.73 bits per heavy atom. The third kappa shape index (κ3) is 9.37. The zero-order valence-electron chi connectivity index (χ0n) is 6.83. The van der Waals surface area contributed by atoms with Gasteiger partial charge in [-0.2, -0.15) is 0 Å². The number of carbonyl (C=O) groups is 1. The molecule has 2 nitrogen and oxygen atoms in total. The second-order valence-corrected chi connectivity index (χ2v) is 2.46. The Kier molecular flexibility index (Phi) is 8.83. The second-order valence-electron chi connectivity index (χ2n) is 2.46. The molecule has 0 saturated carbocycles. The molecule has 64 valence electrons. The van der Waals surface area contributed by atoms with Crippen LogP contribution in [0.3, 0.4) is 0 Å². The molecular weight excluding hydrogens is 140 g/mol. The van der Waals surface area contributed by atoms with E-state index in [2.05, 4.69) is 0 Å². The SMILES string of the molecule is O=CCCCCC/C=C/CO. The molecule has 0 unspecified atom stereocenters. The van der Waals surface area contributed by atoms with Gasteiger partial charge >= 0.3 is 0 Å². The minimum Gasteiger partial charge on any atom is -0.392 e. The maximum atomic E-state index is 9.89. The summed E-state index contributed by atoms with van der Waals surface area (Å²) in [5, 5.41) is 8.37. The summed E-state index contributed by atoms with van der Waals surface area (Å²) in [5.74, 6) is 0. The zero-order chi connectivity index (χ0) is 8.36. The summed E-state index contributed by atoms with van der Waals surface area (Å²) in [6, 6.07) is 0. The zero-order valence-corrected chi connectivity index (χ0v) is 6.83. The van der Waals surface area contributed by atoms with Gasteiger partial charge in [-0.25, -0.2) is 0 Å². The Morgan fingerprint density at radius 3 is 2.36 bits per heavy atom. The number of hydrogen-bond donors (Lipinski definition) is 1. The van der Waals surface area contributed by atoms with E-state index in [9.17, 15) is 4.79 Å². The normalized spacial score (nSPS) is 10.6. The Bertz CT molecular complexity index is 108. The third-order valence-electron chi connectivity index (χ3n) is 1.46. The van der Waals surface area contributed by atoms with E-state index in [0.717, 1.165) is 32.0 Å². The molecule has 0 aromatic heterocycles. The molecule has 1 N–H and O–H groups in total. The van der Waals surface area contributed by atoms with Gasteiger partial charge in [-0.15, -0.1) is 0 Å². The van der Waals surface area contributed by atoms with E-state index >= 15 is 0 Å². The van der Waals surface area contributed by atoms with Crippen LogP contribution in [-0.2, 0) is 4.79 Å². The molecule has 0 aliphatic carbocycles. The molecule has 0 spiro atoms. The fourth-order valence-corrected chi connectivity index (χ4v) is 0.859. The highest BCUT2D eigenvalue weighted by Gasteiger charge is 1.85. The smallest absolute Gasteiger partial charge is 0.119 e. The van der Waals surface area contributed by atoms with Crippen molar-refractivity contribution in [1.82, 2.24) is 0 Å². The molecule has 0 bridgehead atoms. The molecule has 0 atom stereocenters. The Morgan fingerprint density at radius 1 is 1.00 bits per heavy atom. The first-order chi connectivity index (χ1) is 5.41. The number of hydrogen-bond acceptors (Lipinski definition) is 2. The molecule has 0 radical (unpaired) electrons. The Hall–Kier alpha value is -0.630. The molecule has 0 saturated heterocycles. The van der Waals surface area contributed by atoms with Crippen LogP contribution in [0.4, 0.5) is 0 Å². The van der Waals surface area contributed by atoms with E-state index in [4.69, 9.17) is 5.11 Å². The molecule has 0 amide bonds. The minimum absolute atomic E-state index is 0.133. The number of aliphatic hydroxyl groups excluding tert-OH is 1. The number of allylic oxidation sites excluding steroid dienone is 1. The highest BCUT2D eigenvalue weighted by atomic mass is 16.2. The van der Waals surface area contributed by atoms with Crippen LogP contribution < -0.4 is 0 Å². The summed E-state index contributed by atoms with van der Waals surface area (Å²) in [7, 11) is 0. The molecule has 11 heavy (non-hydrogen) atoms. The second kappa shape index (κ2) is 9.37. The predicted octanol–water partition coefficient (Wildman–Crippen LogP) is 1.68. The monoisotopic (exact) mass is 156 g/mol. The van der Waals surface area contributed by atoms with Crippen molar-refractivity contribution in [3.63, 3.8) is 0 Å². The summed E-state index contributed by atoms with van der Waals surface area (Å²) in [6.07, 6.45) is 9.60. The molecular formula is C9H16O2. The summed E-state index contributed by atoms with van der Waals surface area (Å²) in [6.45, 7) is 0.133. The maximum Gasteiger partial charge on any atom is 0.119 e. The van der Waals surface area contributed by atoms with Crippen molar-refractivity contribution in [1.29, 1.82) is 0 Å². The van der Waals surface area contributed by atoms with Crippen LogP contribution >= 0.6 is 0 Å². The van der Waals surface area contributed by atoms with E-state index in [-0.39, 0.29) is 6.61 Å². The average molecular weight is 156 g/mol. The number of rotatable bonds is 7. The third-order valence-corrected chi connectivity index (χ3v) is 1.46. The van der Waals surface area contributed by atoms with Crippen molar-refractivity contribution in [3.05, 3.63) is 12.2 Å². The van der Waals surface area contributed by atoms with Gasteiger partial charge in [0.15, 0.2) is 0 Å². The quantitative estimate of drug-likeness (QED) is 0.346. The van der Waals surface area contributed by atoms with Crippen molar-refractivity contribution >= 4 is 6.29 Å². The first-order valence-corrected chi connectivity index (χ1v) is 4.11. The van der Waals surface area contributed by atoms with Gasteiger partial charge in [0.25, 0.3) is 0 Å². The van der Waals surface area contributed by atoms with Gasteiger partial charge in [0.1, 0.15) is 6.29 Å². The lowest BCUT2D eigenvalue weighted by molar-refractivity contribution is -0.107. The van der Waals surface area contributed by atoms with Crippen LogP contribution in [-0.4, -0.2) is 18.0 Å². The van der Waals surface area contributed by atoms with E-state index in [1.807, 2.05) is 6.08 Å². The Labute approximate surface area is 67.9 Å². The topological polar surface area (TPSA) is 37.3 Å².